The Kier molecular flexibility index (Phi) is 6.87. The monoisotopic (exact) mass is 469 g/mol. The average Bonchev–Trinajstić information content (AvgIpc) is 3.49. The number of carboxylic acids is 1. The third-order valence-corrected chi connectivity index (χ3v) is 6.80. The maximum atomic E-state index is 11.1. The minimum absolute atomic E-state index is 0.0206. The second-order valence-electron chi connectivity index (χ2n) is 9.44. The van der Waals surface area contributed by atoms with E-state index < -0.39 is 5.97 Å². The van der Waals surface area contributed by atoms with Crippen LogP contribution < -0.4 is 4.74 Å². The molecule has 5 heteroatoms. The van der Waals surface area contributed by atoms with E-state index in [2.05, 4.69) is 60.4 Å². The standard InChI is InChI=1S/C30H31NO4/c1-21(23-6-3-2-4-7-23)19-31(20-24-8-5-9-29-27(24)13-15-34-29)14-12-26-18-25-16-22(17-30(32)33)10-11-28(25)35-26/h2-11,16,18,21H,12-15,17,19-20H2,1H3,(H,32,33)/t21-/m1/s1. The van der Waals surface area contributed by atoms with Gasteiger partial charge in [0.25, 0.3) is 0 Å². The van der Waals surface area contributed by atoms with Crippen molar-refractivity contribution in [1.82, 2.24) is 4.90 Å². The lowest BCUT2D eigenvalue weighted by molar-refractivity contribution is -0.136. The van der Waals surface area contributed by atoms with Crippen molar-refractivity contribution < 1.29 is 19.1 Å². The zero-order valence-corrected chi connectivity index (χ0v) is 20.1. The quantitative estimate of drug-likeness (QED) is 0.316. The largest absolute Gasteiger partial charge is 0.493 e. The van der Waals surface area contributed by atoms with Gasteiger partial charge in [-0.05, 0) is 46.9 Å². The van der Waals surface area contributed by atoms with Crippen LogP contribution in [-0.2, 0) is 30.6 Å². The van der Waals surface area contributed by atoms with E-state index in [9.17, 15) is 4.79 Å². The molecule has 1 atom stereocenters. The van der Waals surface area contributed by atoms with Gasteiger partial charge >= 0.3 is 5.97 Å². The van der Waals surface area contributed by atoms with E-state index in [4.69, 9.17) is 14.3 Å². The number of carboxylic acid groups (broad SMARTS) is 1. The van der Waals surface area contributed by atoms with Crippen LogP contribution in [0.15, 0.2) is 77.2 Å². The zero-order valence-electron chi connectivity index (χ0n) is 20.1. The lowest BCUT2D eigenvalue weighted by Gasteiger charge is -2.26. The molecule has 0 amide bonds. The molecule has 1 aromatic heterocycles. The molecule has 1 aliphatic rings. The Bertz CT molecular complexity index is 1310. The highest BCUT2D eigenvalue weighted by molar-refractivity contribution is 5.80. The highest BCUT2D eigenvalue weighted by atomic mass is 16.5. The fraction of sp³-hybridized carbons (Fsp3) is 0.300. The van der Waals surface area contributed by atoms with Gasteiger partial charge in [-0.1, -0.05) is 55.5 Å². The summed E-state index contributed by atoms with van der Waals surface area (Å²) in [6.07, 6.45) is 1.78. The zero-order chi connectivity index (χ0) is 24.2. The molecule has 1 N–H and O–H groups in total. The number of furan rings is 1. The first kappa shape index (κ1) is 23.2. The Hall–Kier alpha value is -3.57. The van der Waals surface area contributed by atoms with Crippen molar-refractivity contribution in [3.63, 3.8) is 0 Å². The summed E-state index contributed by atoms with van der Waals surface area (Å²) in [4.78, 5) is 13.6. The maximum absolute atomic E-state index is 11.1. The summed E-state index contributed by atoms with van der Waals surface area (Å²) >= 11 is 0. The van der Waals surface area contributed by atoms with Crippen molar-refractivity contribution >= 4 is 16.9 Å². The molecule has 5 rings (SSSR count). The van der Waals surface area contributed by atoms with E-state index in [1.54, 1.807) is 0 Å². The summed E-state index contributed by atoms with van der Waals surface area (Å²) in [7, 11) is 0. The van der Waals surface area contributed by atoms with Crippen molar-refractivity contribution in [3.8, 4) is 5.75 Å². The average molecular weight is 470 g/mol. The molecular formula is C30H31NO4. The number of hydrogen-bond acceptors (Lipinski definition) is 4. The van der Waals surface area contributed by atoms with Crippen LogP contribution in [0.4, 0.5) is 0 Å². The number of carbonyl (C=O) groups is 1. The van der Waals surface area contributed by atoms with Gasteiger partial charge in [0.2, 0.25) is 0 Å². The molecule has 0 unspecified atom stereocenters. The van der Waals surface area contributed by atoms with E-state index in [-0.39, 0.29) is 6.42 Å². The second kappa shape index (κ2) is 10.4. The van der Waals surface area contributed by atoms with Crippen LogP contribution in [0, 0.1) is 0 Å². The molecule has 0 saturated carbocycles. The van der Waals surface area contributed by atoms with Crippen molar-refractivity contribution in [3.05, 3.63) is 101 Å². The van der Waals surface area contributed by atoms with E-state index in [0.29, 0.717) is 5.92 Å². The van der Waals surface area contributed by atoms with Gasteiger partial charge in [0.15, 0.2) is 0 Å². The molecular weight excluding hydrogens is 438 g/mol. The summed E-state index contributed by atoms with van der Waals surface area (Å²) in [6.45, 7) is 5.72. The normalized spacial score (nSPS) is 13.7. The Morgan fingerprint density at radius 2 is 1.91 bits per heavy atom. The molecule has 0 bridgehead atoms. The van der Waals surface area contributed by atoms with Crippen molar-refractivity contribution in [1.29, 1.82) is 0 Å². The number of benzene rings is 3. The van der Waals surface area contributed by atoms with Crippen LogP contribution in [0.3, 0.4) is 0 Å². The lowest BCUT2D eigenvalue weighted by atomic mass is 9.99. The first-order chi connectivity index (χ1) is 17.0. The van der Waals surface area contributed by atoms with Crippen LogP contribution in [0.5, 0.6) is 5.75 Å². The van der Waals surface area contributed by atoms with E-state index in [1.807, 2.05) is 24.3 Å². The van der Waals surface area contributed by atoms with Gasteiger partial charge < -0.3 is 14.3 Å². The molecule has 0 fully saturated rings. The summed E-state index contributed by atoms with van der Waals surface area (Å²) in [5, 5.41) is 10.0. The van der Waals surface area contributed by atoms with Gasteiger partial charge in [0.05, 0.1) is 13.0 Å². The number of ether oxygens (including phenoxy) is 1. The molecule has 35 heavy (non-hydrogen) atoms. The Labute approximate surface area is 205 Å². The number of nitrogens with zero attached hydrogens (tertiary/aromatic N) is 1. The van der Waals surface area contributed by atoms with E-state index >= 15 is 0 Å². The molecule has 0 saturated heterocycles. The number of hydrogen-bond donors (Lipinski definition) is 1. The summed E-state index contributed by atoms with van der Waals surface area (Å²) in [5.41, 5.74) is 5.60. The summed E-state index contributed by atoms with van der Waals surface area (Å²) in [5.74, 6) is 1.52. The smallest absolute Gasteiger partial charge is 0.307 e. The molecule has 180 valence electrons. The third-order valence-electron chi connectivity index (χ3n) is 6.80. The predicted octanol–water partition coefficient (Wildman–Crippen LogP) is 5.84. The van der Waals surface area contributed by atoms with Crippen molar-refractivity contribution in [2.24, 2.45) is 0 Å². The van der Waals surface area contributed by atoms with Crippen molar-refractivity contribution in [2.75, 3.05) is 19.7 Å². The highest BCUT2D eigenvalue weighted by Gasteiger charge is 2.19. The fourth-order valence-corrected chi connectivity index (χ4v) is 5.02. The molecule has 2 heterocycles. The molecule has 3 aromatic carbocycles. The number of aliphatic carboxylic acids is 1. The van der Waals surface area contributed by atoms with Gasteiger partial charge in [0, 0.05) is 43.4 Å². The molecule has 4 aromatic rings. The summed E-state index contributed by atoms with van der Waals surface area (Å²) < 4.78 is 11.9. The molecule has 0 radical (unpaired) electrons. The molecule has 0 spiro atoms. The van der Waals surface area contributed by atoms with E-state index in [0.717, 1.165) is 67.1 Å². The van der Waals surface area contributed by atoms with Crippen LogP contribution in [0.25, 0.3) is 11.0 Å². The van der Waals surface area contributed by atoms with Crippen LogP contribution >= 0.6 is 0 Å². The SMILES string of the molecule is C[C@H](CN(CCc1cc2cc(CC(=O)O)ccc2o1)Cc1cccc2c1CCO2)c1ccccc1. The van der Waals surface area contributed by atoms with Crippen LogP contribution in [0.1, 0.15) is 40.9 Å². The topological polar surface area (TPSA) is 62.9 Å². The van der Waals surface area contributed by atoms with Crippen molar-refractivity contribution in [2.45, 2.75) is 38.6 Å². The van der Waals surface area contributed by atoms with Crippen LogP contribution in [0.2, 0.25) is 0 Å². The second-order valence-corrected chi connectivity index (χ2v) is 9.44. The lowest BCUT2D eigenvalue weighted by Crippen LogP contribution is -2.30. The highest BCUT2D eigenvalue weighted by Crippen LogP contribution is 2.30. The number of fused-ring (bicyclic) bond motifs is 2. The molecule has 1 aliphatic heterocycles. The minimum Gasteiger partial charge on any atom is -0.493 e. The van der Waals surface area contributed by atoms with Gasteiger partial charge in [-0.2, -0.15) is 0 Å². The van der Waals surface area contributed by atoms with E-state index in [1.165, 1.54) is 16.7 Å². The predicted molar refractivity (Wildman–Crippen MR) is 137 cm³/mol. The molecule has 5 nitrogen and oxygen atoms in total. The Balaban J connectivity index is 1.33. The first-order valence-electron chi connectivity index (χ1n) is 12.3. The minimum atomic E-state index is -0.825. The third kappa shape index (κ3) is 5.57. The Morgan fingerprint density at radius 3 is 2.74 bits per heavy atom. The first-order valence-corrected chi connectivity index (χ1v) is 12.3. The fourth-order valence-electron chi connectivity index (χ4n) is 5.02. The van der Waals surface area contributed by atoms with Gasteiger partial charge in [-0.15, -0.1) is 0 Å². The van der Waals surface area contributed by atoms with Gasteiger partial charge in [-0.25, -0.2) is 0 Å². The Morgan fingerprint density at radius 1 is 1.06 bits per heavy atom. The van der Waals surface area contributed by atoms with Gasteiger partial charge in [-0.3, -0.25) is 9.69 Å². The summed E-state index contributed by atoms with van der Waals surface area (Å²) in [6, 6.07) is 24.7. The van der Waals surface area contributed by atoms with Gasteiger partial charge in [0.1, 0.15) is 17.1 Å². The molecule has 0 aliphatic carbocycles. The maximum Gasteiger partial charge on any atom is 0.307 e. The number of rotatable bonds is 10. The van der Waals surface area contributed by atoms with Crippen LogP contribution in [-0.4, -0.2) is 35.7 Å².